The summed E-state index contributed by atoms with van der Waals surface area (Å²) in [7, 11) is 0. The first-order chi connectivity index (χ1) is 14.4. The molecule has 3 aromatic rings. The first kappa shape index (κ1) is 19.9. The van der Waals surface area contributed by atoms with E-state index in [1.807, 2.05) is 0 Å². The molecule has 0 aliphatic carbocycles. The van der Waals surface area contributed by atoms with Crippen LogP contribution in [0.4, 0.5) is 10.8 Å². The van der Waals surface area contributed by atoms with Crippen molar-refractivity contribution in [1.82, 2.24) is 4.98 Å². The van der Waals surface area contributed by atoms with Crippen molar-refractivity contribution in [2.24, 2.45) is 0 Å². The van der Waals surface area contributed by atoms with E-state index in [2.05, 4.69) is 20.9 Å². The van der Waals surface area contributed by atoms with Crippen LogP contribution in [0.25, 0.3) is 5.76 Å². The number of rotatable bonds is 4. The predicted octanol–water partition coefficient (Wildman–Crippen LogP) is 4.44. The van der Waals surface area contributed by atoms with Crippen molar-refractivity contribution in [3.8, 4) is 0 Å². The van der Waals surface area contributed by atoms with Crippen LogP contribution in [-0.4, -0.2) is 26.7 Å². The number of aromatic nitrogens is 1. The molecular formula is C20H12BrN3O5S. The fourth-order valence-corrected chi connectivity index (χ4v) is 4.15. The van der Waals surface area contributed by atoms with Gasteiger partial charge in [0.2, 0.25) is 0 Å². The van der Waals surface area contributed by atoms with Crippen molar-refractivity contribution in [2.75, 3.05) is 4.90 Å². The van der Waals surface area contributed by atoms with Crippen LogP contribution in [-0.2, 0) is 9.59 Å². The van der Waals surface area contributed by atoms with E-state index in [1.165, 1.54) is 46.7 Å². The molecule has 1 aliphatic heterocycles. The highest BCUT2D eigenvalue weighted by Crippen LogP contribution is 2.42. The Bertz CT molecular complexity index is 1170. The smallest absolute Gasteiger partial charge is 0.301 e. The van der Waals surface area contributed by atoms with Gasteiger partial charge in [-0.25, -0.2) is 4.98 Å². The van der Waals surface area contributed by atoms with Crippen LogP contribution in [0.1, 0.15) is 17.2 Å². The third-order valence-electron chi connectivity index (χ3n) is 4.61. The number of aliphatic hydroxyl groups is 1. The number of amides is 1. The lowest BCUT2D eigenvalue weighted by Crippen LogP contribution is -2.29. The Balaban J connectivity index is 1.90. The summed E-state index contributed by atoms with van der Waals surface area (Å²) in [5.41, 5.74) is 0.543. The monoisotopic (exact) mass is 485 g/mol. The van der Waals surface area contributed by atoms with E-state index in [4.69, 9.17) is 0 Å². The minimum absolute atomic E-state index is 0.105. The molecule has 10 heteroatoms. The second kappa shape index (κ2) is 7.81. The number of benzene rings is 2. The van der Waals surface area contributed by atoms with Crippen LogP contribution >= 0.6 is 27.3 Å². The van der Waals surface area contributed by atoms with Crippen LogP contribution in [0.15, 0.2) is 70.2 Å². The lowest BCUT2D eigenvalue weighted by atomic mass is 9.95. The average molecular weight is 486 g/mol. The Morgan fingerprint density at radius 1 is 1.13 bits per heavy atom. The van der Waals surface area contributed by atoms with E-state index in [9.17, 15) is 24.8 Å². The molecule has 30 heavy (non-hydrogen) atoms. The van der Waals surface area contributed by atoms with Gasteiger partial charge in [-0.15, -0.1) is 11.3 Å². The predicted molar refractivity (Wildman–Crippen MR) is 114 cm³/mol. The van der Waals surface area contributed by atoms with Crippen LogP contribution in [0.2, 0.25) is 0 Å². The number of carbonyl (C=O) groups excluding carboxylic acids is 2. The average Bonchev–Trinajstić information content (AvgIpc) is 3.35. The molecule has 0 saturated carbocycles. The molecule has 4 rings (SSSR count). The number of non-ortho nitro benzene ring substituents is 1. The summed E-state index contributed by atoms with van der Waals surface area (Å²) < 4.78 is 0.813. The molecule has 150 valence electrons. The molecule has 2 heterocycles. The molecule has 0 bridgehead atoms. The summed E-state index contributed by atoms with van der Waals surface area (Å²) in [6.07, 6.45) is 1.52. The number of carbonyl (C=O) groups is 2. The molecule has 1 amide bonds. The normalized spacial score (nSPS) is 18.0. The number of thiazole rings is 1. The molecular weight excluding hydrogens is 474 g/mol. The number of nitrogens with zero attached hydrogens (tertiary/aromatic N) is 3. The quantitative estimate of drug-likeness (QED) is 0.192. The Labute approximate surface area is 182 Å². The first-order valence-electron chi connectivity index (χ1n) is 8.59. The van der Waals surface area contributed by atoms with Gasteiger partial charge in [-0.3, -0.25) is 24.6 Å². The molecule has 1 aliphatic rings. The van der Waals surface area contributed by atoms with Gasteiger partial charge in [0.05, 0.1) is 16.5 Å². The number of nitro benzene ring substituents is 1. The van der Waals surface area contributed by atoms with Crippen molar-refractivity contribution in [1.29, 1.82) is 0 Å². The van der Waals surface area contributed by atoms with E-state index in [0.29, 0.717) is 10.7 Å². The lowest BCUT2D eigenvalue weighted by molar-refractivity contribution is -0.384. The number of hydrogen-bond donors (Lipinski definition) is 1. The van der Waals surface area contributed by atoms with Gasteiger partial charge in [0.1, 0.15) is 5.76 Å². The fraction of sp³-hybridized carbons (Fsp3) is 0.0500. The lowest BCUT2D eigenvalue weighted by Gasteiger charge is -2.23. The summed E-state index contributed by atoms with van der Waals surface area (Å²) in [4.78, 5) is 41.5. The largest absolute Gasteiger partial charge is 0.507 e. The molecule has 1 atom stereocenters. The number of aliphatic hydroxyl groups excluding tert-OH is 1. The summed E-state index contributed by atoms with van der Waals surface area (Å²) in [5.74, 6) is -2.06. The third kappa shape index (κ3) is 3.40. The fourth-order valence-electron chi connectivity index (χ4n) is 3.22. The van der Waals surface area contributed by atoms with Crippen LogP contribution in [0.5, 0.6) is 0 Å². The van der Waals surface area contributed by atoms with Gasteiger partial charge in [-0.05, 0) is 29.8 Å². The summed E-state index contributed by atoms with van der Waals surface area (Å²) >= 11 is 4.55. The maximum atomic E-state index is 12.9. The minimum Gasteiger partial charge on any atom is -0.507 e. The van der Waals surface area contributed by atoms with Gasteiger partial charge in [-0.2, -0.15) is 0 Å². The van der Waals surface area contributed by atoms with E-state index in [0.717, 1.165) is 4.47 Å². The number of halogens is 1. The molecule has 2 aromatic carbocycles. The zero-order chi connectivity index (χ0) is 21.4. The SMILES string of the molecule is O=C1C(=O)N(c2nccs2)C(c2ccc(Br)cc2)C1=C(O)c1ccc([N+](=O)[O-])cc1. The van der Waals surface area contributed by atoms with E-state index in [1.54, 1.807) is 29.6 Å². The number of Topliss-reactive ketones (excluding diaryl/α,β-unsaturated/α-hetero) is 1. The van der Waals surface area contributed by atoms with Crippen molar-refractivity contribution in [3.63, 3.8) is 0 Å². The molecule has 0 radical (unpaired) electrons. The Kier molecular flexibility index (Phi) is 5.18. The zero-order valence-corrected chi connectivity index (χ0v) is 17.5. The van der Waals surface area contributed by atoms with Crippen molar-refractivity contribution in [3.05, 3.63) is 91.4 Å². The minimum atomic E-state index is -0.889. The maximum Gasteiger partial charge on any atom is 0.301 e. The van der Waals surface area contributed by atoms with E-state index in [-0.39, 0.29) is 16.8 Å². The Morgan fingerprint density at radius 3 is 2.37 bits per heavy atom. The second-order valence-corrected chi connectivity index (χ2v) is 8.13. The topological polar surface area (TPSA) is 114 Å². The van der Waals surface area contributed by atoms with Gasteiger partial charge < -0.3 is 5.11 Å². The Hall–Kier alpha value is -3.37. The molecule has 1 fully saturated rings. The Morgan fingerprint density at radius 2 is 1.80 bits per heavy atom. The molecule has 1 N–H and O–H groups in total. The highest BCUT2D eigenvalue weighted by atomic mass is 79.9. The highest BCUT2D eigenvalue weighted by molar-refractivity contribution is 9.10. The summed E-state index contributed by atoms with van der Waals surface area (Å²) in [6.45, 7) is 0. The second-order valence-electron chi connectivity index (χ2n) is 6.34. The number of nitro groups is 1. The number of ketones is 1. The highest BCUT2D eigenvalue weighted by Gasteiger charge is 2.47. The summed E-state index contributed by atoms with van der Waals surface area (Å²) in [6, 6.07) is 11.2. The van der Waals surface area contributed by atoms with Crippen molar-refractivity contribution < 1.29 is 19.6 Å². The first-order valence-corrected chi connectivity index (χ1v) is 10.3. The maximum absolute atomic E-state index is 12.9. The van der Waals surface area contributed by atoms with Gasteiger partial charge in [0.15, 0.2) is 5.13 Å². The number of anilines is 1. The van der Waals surface area contributed by atoms with Crippen molar-refractivity contribution in [2.45, 2.75) is 6.04 Å². The third-order valence-corrected chi connectivity index (χ3v) is 5.91. The van der Waals surface area contributed by atoms with Crippen LogP contribution in [0, 0.1) is 10.1 Å². The van der Waals surface area contributed by atoms with Gasteiger partial charge in [0, 0.05) is 33.7 Å². The molecule has 0 spiro atoms. The van der Waals surface area contributed by atoms with Crippen LogP contribution < -0.4 is 4.90 Å². The van der Waals surface area contributed by atoms with Gasteiger partial charge >= 0.3 is 5.91 Å². The zero-order valence-electron chi connectivity index (χ0n) is 15.1. The van der Waals surface area contributed by atoms with Gasteiger partial charge in [0.25, 0.3) is 11.5 Å². The summed E-state index contributed by atoms with van der Waals surface area (Å²) in [5, 5.41) is 23.8. The van der Waals surface area contributed by atoms with Crippen LogP contribution in [0.3, 0.4) is 0 Å². The molecule has 1 saturated heterocycles. The molecule has 1 unspecified atom stereocenters. The van der Waals surface area contributed by atoms with E-state index < -0.39 is 28.4 Å². The molecule has 1 aromatic heterocycles. The van der Waals surface area contributed by atoms with E-state index >= 15 is 0 Å². The molecule has 8 nitrogen and oxygen atoms in total. The van der Waals surface area contributed by atoms with Crippen molar-refractivity contribution >= 4 is 55.5 Å². The van der Waals surface area contributed by atoms with Gasteiger partial charge in [-0.1, -0.05) is 28.1 Å². The standard InChI is InChI=1S/C20H12BrN3O5S/c21-13-5-1-11(2-6-13)16-15(17(25)12-3-7-14(8-4-12)24(28)29)18(26)19(27)23(16)20-22-9-10-30-20/h1-10,16,25H. The number of hydrogen-bond acceptors (Lipinski definition) is 7.